The SMILES string of the molecule is COc1ccc(NC(=O)c2oc3ccccc3c2NCC(=O)O)cc1. The van der Waals surface area contributed by atoms with Crippen molar-refractivity contribution in [3.63, 3.8) is 0 Å². The summed E-state index contributed by atoms with van der Waals surface area (Å²) in [6.45, 7) is -0.327. The van der Waals surface area contributed by atoms with E-state index < -0.39 is 11.9 Å². The van der Waals surface area contributed by atoms with Gasteiger partial charge in [0.05, 0.1) is 12.8 Å². The van der Waals surface area contributed by atoms with E-state index >= 15 is 0 Å². The minimum Gasteiger partial charge on any atom is -0.497 e. The number of benzene rings is 2. The lowest BCUT2D eigenvalue weighted by Gasteiger charge is -2.07. The lowest BCUT2D eigenvalue weighted by atomic mass is 10.2. The van der Waals surface area contributed by atoms with Crippen molar-refractivity contribution >= 4 is 34.2 Å². The fourth-order valence-corrected chi connectivity index (χ4v) is 2.41. The van der Waals surface area contributed by atoms with Gasteiger partial charge >= 0.3 is 5.97 Å². The summed E-state index contributed by atoms with van der Waals surface area (Å²) < 4.78 is 10.7. The van der Waals surface area contributed by atoms with Crippen molar-refractivity contribution in [2.24, 2.45) is 0 Å². The fraction of sp³-hybridized carbons (Fsp3) is 0.111. The molecule has 3 N–H and O–H groups in total. The Morgan fingerprint density at radius 3 is 2.52 bits per heavy atom. The third-order valence-electron chi connectivity index (χ3n) is 3.57. The number of carboxylic acid groups (broad SMARTS) is 1. The molecule has 0 bridgehead atoms. The van der Waals surface area contributed by atoms with Crippen molar-refractivity contribution in [1.29, 1.82) is 0 Å². The van der Waals surface area contributed by atoms with Crippen molar-refractivity contribution in [2.45, 2.75) is 0 Å². The molecular weight excluding hydrogens is 324 g/mol. The highest BCUT2D eigenvalue weighted by atomic mass is 16.5. The monoisotopic (exact) mass is 340 g/mol. The number of carbonyl (C=O) groups is 2. The zero-order valence-corrected chi connectivity index (χ0v) is 13.4. The molecule has 1 amide bonds. The molecule has 0 radical (unpaired) electrons. The molecule has 0 fully saturated rings. The number of nitrogens with one attached hydrogen (secondary N) is 2. The van der Waals surface area contributed by atoms with Crippen LogP contribution in [0.1, 0.15) is 10.6 Å². The van der Waals surface area contributed by atoms with Crippen LogP contribution < -0.4 is 15.4 Å². The Balaban J connectivity index is 1.91. The number of furan rings is 1. The summed E-state index contributed by atoms with van der Waals surface area (Å²) in [6.07, 6.45) is 0. The van der Waals surface area contributed by atoms with Crippen molar-refractivity contribution in [1.82, 2.24) is 0 Å². The Kier molecular flexibility index (Phi) is 4.56. The Morgan fingerprint density at radius 1 is 1.12 bits per heavy atom. The smallest absolute Gasteiger partial charge is 0.322 e. The second-order valence-corrected chi connectivity index (χ2v) is 5.23. The second-order valence-electron chi connectivity index (χ2n) is 5.23. The van der Waals surface area contributed by atoms with Gasteiger partial charge in [-0.3, -0.25) is 9.59 Å². The molecule has 3 aromatic rings. The molecule has 128 valence electrons. The molecule has 25 heavy (non-hydrogen) atoms. The minimum atomic E-state index is -1.04. The standard InChI is InChI=1S/C18H16N2O5/c1-24-12-8-6-11(7-9-12)20-18(23)17-16(19-10-15(21)22)13-4-2-3-5-14(13)25-17/h2-9,19H,10H2,1H3,(H,20,23)(H,21,22). The average molecular weight is 340 g/mol. The number of para-hydroxylation sites is 1. The molecule has 0 aliphatic heterocycles. The van der Waals surface area contributed by atoms with Crippen molar-refractivity contribution < 1.29 is 23.8 Å². The number of rotatable bonds is 6. The number of amides is 1. The minimum absolute atomic E-state index is 0.0262. The van der Waals surface area contributed by atoms with Gasteiger partial charge in [0.2, 0.25) is 5.76 Å². The molecule has 0 unspecified atom stereocenters. The Hall–Kier alpha value is -3.48. The van der Waals surface area contributed by atoms with E-state index in [1.807, 2.05) is 0 Å². The number of methoxy groups -OCH3 is 1. The van der Waals surface area contributed by atoms with Crippen molar-refractivity contribution in [2.75, 3.05) is 24.3 Å². The summed E-state index contributed by atoms with van der Waals surface area (Å²) in [5, 5.41) is 15.0. The molecule has 1 heterocycles. The first-order chi connectivity index (χ1) is 12.1. The molecule has 1 aromatic heterocycles. The summed E-state index contributed by atoms with van der Waals surface area (Å²) in [7, 11) is 1.56. The van der Waals surface area contributed by atoms with Crippen molar-refractivity contribution in [3.05, 3.63) is 54.3 Å². The summed E-state index contributed by atoms with van der Waals surface area (Å²) in [6, 6.07) is 13.9. The van der Waals surface area contributed by atoms with E-state index in [0.717, 1.165) is 0 Å². The predicted molar refractivity (Wildman–Crippen MR) is 93.3 cm³/mol. The number of aliphatic carboxylic acids is 1. The van der Waals surface area contributed by atoms with E-state index in [0.29, 0.717) is 28.1 Å². The first kappa shape index (κ1) is 16.4. The fourth-order valence-electron chi connectivity index (χ4n) is 2.41. The number of anilines is 2. The van der Waals surface area contributed by atoms with Gasteiger partial charge in [-0.05, 0) is 36.4 Å². The quantitative estimate of drug-likeness (QED) is 0.637. The molecule has 0 aliphatic carbocycles. The maximum absolute atomic E-state index is 12.6. The van der Waals surface area contributed by atoms with Gasteiger partial charge in [0, 0.05) is 11.1 Å². The van der Waals surface area contributed by atoms with Crippen LogP contribution in [0.4, 0.5) is 11.4 Å². The second kappa shape index (κ2) is 6.96. The van der Waals surface area contributed by atoms with E-state index in [4.69, 9.17) is 14.3 Å². The van der Waals surface area contributed by atoms with E-state index in [1.165, 1.54) is 0 Å². The summed E-state index contributed by atoms with van der Waals surface area (Å²) >= 11 is 0. The molecule has 0 atom stereocenters. The van der Waals surface area contributed by atoms with Crippen LogP contribution in [0.15, 0.2) is 52.9 Å². The normalized spacial score (nSPS) is 10.4. The third kappa shape index (κ3) is 3.55. The maximum atomic E-state index is 12.6. The number of fused-ring (bicyclic) bond motifs is 1. The van der Waals surface area contributed by atoms with Crippen LogP contribution >= 0.6 is 0 Å². The van der Waals surface area contributed by atoms with Crippen LogP contribution in [-0.2, 0) is 4.79 Å². The lowest BCUT2D eigenvalue weighted by Crippen LogP contribution is -2.17. The molecule has 3 rings (SSSR count). The zero-order chi connectivity index (χ0) is 17.8. The molecule has 0 saturated carbocycles. The van der Waals surface area contributed by atoms with Crippen LogP contribution in [0.3, 0.4) is 0 Å². The maximum Gasteiger partial charge on any atom is 0.322 e. The van der Waals surface area contributed by atoms with Crippen LogP contribution in [-0.4, -0.2) is 30.6 Å². The third-order valence-corrected chi connectivity index (χ3v) is 3.57. The Bertz CT molecular complexity index is 915. The number of hydrogen-bond acceptors (Lipinski definition) is 5. The van der Waals surface area contributed by atoms with Gasteiger partial charge in [-0.25, -0.2) is 0 Å². The number of hydrogen-bond donors (Lipinski definition) is 3. The van der Waals surface area contributed by atoms with E-state index in [9.17, 15) is 9.59 Å². The highest BCUT2D eigenvalue weighted by Gasteiger charge is 2.21. The number of carbonyl (C=O) groups excluding carboxylic acids is 1. The van der Waals surface area contributed by atoms with Crippen LogP contribution in [0.25, 0.3) is 11.0 Å². The predicted octanol–water partition coefficient (Wildman–Crippen LogP) is 3.19. The average Bonchev–Trinajstić information content (AvgIpc) is 2.99. The highest BCUT2D eigenvalue weighted by Crippen LogP contribution is 2.31. The van der Waals surface area contributed by atoms with Gasteiger partial charge in [0.1, 0.15) is 17.9 Å². The molecular formula is C18H16N2O5. The van der Waals surface area contributed by atoms with Gasteiger partial charge in [0.15, 0.2) is 0 Å². The molecule has 0 aliphatic rings. The van der Waals surface area contributed by atoms with E-state index in [1.54, 1.807) is 55.6 Å². The van der Waals surface area contributed by atoms with Gasteiger partial charge < -0.3 is 24.9 Å². The summed E-state index contributed by atoms with van der Waals surface area (Å²) in [5.74, 6) is -0.815. The van der Waals surface area contributed by atoms with Crippen LogP contribution in [0, 0.1) is 0 Å². The van der Waals surface area contributed by atoms with Crippen LogP contribution in [0.2, 0.25) is 0 Å². The summed E-state index contributed by atoms with van der Waals surface area (Å²) in [5.41, 5.74) is 1.41. The number of ether oxygens (including phenoxy) is 1. The lowest BCUT2D eigenvalue weighted by molar-refractivity contribution is -0.134. The summed E-state index contributed by atoms with van der Waals surface area (Å²) in [4.78, 5) is 23.4. The molecule has 0 spiro atoms. The molecule has 7 heteroatoms. The van der Waals surface area contributed by atoms with Crippen LogP contribution in [0.5, 0.6) is 5.75 Å². The first-order valence-electron chi connectivity index (χ1n) is 7.51. The van der Waals surface area contributed by atoms with E-state index in [2.05, 4.69) is 10.6 Å². The first-order valence-corrected chi connectivity index (χ1v) is 7.51. The van der Waals surface area contributed by atoms with Gasteiger partial charge in [-0.15, -0.1) is 0 Å². The van der Waals surface area contributed by atoms with Gasteiger partial charge in [0.25, 0.3) is 5.91 Å². The zero-order valence-electron chi connectivity index (χ0n) is 13.4. The molecule has 7 nitrogen and oxygen atoms in total. The molecule has 2 aromatic carbocycles. The van der Waals surface area contributed by atoms with E-state index in [-0.39, 0.29) is 12.3 Å². The topological polar surface area (TPSA) is 101 Å². The van der Waals surface area contributed by atoms with Gasteiger partial charge in [-0.1, -0.05) is 12.1 Å². The Labute approximate surface area is 143 Å². The highest BCUT2D eigenvalue weighted by molar-refractivity contribution is 6.11. The van der Waals surface area contributed by atoms with Gasteiger partial charge in [-0.2, -0.15) is 0 Å². The number of carboxylic acids is 1. The molecule has 0 saturated heterocycles. The Morgan fingerprint density at radius 2 is 1.84 bits per heavy atom. The van der Waals surface area contributed by atoms with Crippen molar-refractivity contribution in [3.8, 4) is 5.75 Å². The largest absolute Gasteiger partial charge is 0.497 e.